The van der Waals surface area contributed by atoms with E-state index in [1.807, 2.05) is 43.3 Å². The smallest absolute Gasteiger partial charge is 0.340 e. The van der Waals surface area contributed by atoms with Gasteiger partial charge >= 0.3 is 5.97 Å². The van der Waals surface area contributed by atoms with Crippen molar-refractivity contribution in [3.05, 3.63) is 59.3 Å². The first-order valence-corrected chi connectivity index (χ1v) is 10.00. The van der Waals surface area contributed by atoms with Crippen LogP contribution in [0.15, 0.2) is 42.5 Å². The number of aromatic hydroxyl groups is 1. The van der Waals surface area contributed by atoms with Crippen LogP contribution < -0.4 is 0 Å². The number of phenols is 1. The summed E-state index contributed by atoms with van der Waals surface area (Å²) in [4.78, 5) is 15.2. The highest BCUT2D eigenvalue weighted by Gasteiger charge is 2.26. The zero-order chi connectivity index (χ0) is 20.4. The molecule has 1 N–H and O–H groups in total. The second-order valence-corrected chi connectivity index (χ2v) is 7.20. The van der Waals surface area contributed by atoms with Crippen molar-refractivity contribution in [2.45, 2.75) is 20.4 Å². The number of benzene rings is 2. The topological polar surface area (TPSA) is 63.9 Å². The van der Waals surface area contributed by atoms with Crippen LogP contribution in [0.5, 0.6) is 5.75 Å². The molecule has 6 nitrogen and oxygen atoms in total. The van der Waals surface area contributed by atoms with Gasteiger partial charge in [-0.3, -0.25) is 4.90 Å². The molecule has 0 spiro atoms. The van der Waals surface area contributed by atoms with Crippen LogP contribution in [-0.2, 0) is 16.0 Å². The molecule has 1 fully saturated rings. The third kappa shape index (κ3) is 3.61. The van der Waals surface area contributed by atoms with Gasteiger partial charge < -0.3 is 19.1 Å². The second kappa shape index (κ2) is 8.27. The van der Waals surface area contributed by atoms with Crippen molar-refractivity contribution in [2.24, 2.45) is 0 Å². The van der Waals surface area contributed by atoms with Crippen molar-refractivity contribution >= 4 is 16.9 Å². The molecule has 1 aliphatic rings. The fraction of sp³-hybridized carbons (Fsp3) is 0.348. The number of nitrogens with zero attached hydrogens (tertiary/aromatic N) is 2. The summed E-state index contributed by atoms with van der Waals surface area (Å²) < 4.78 is 12.9. The van der Waals surface area contributed by atoms with Crippen LogP contribution in [0.1, 0.15) is 28.5 Å². The summed E-state index contributed by atoms with van der Waals surface area (Å²) >= 11 is 0. The number of hydrogen-bond acceptors (Lipinski definition) is 5. The van der Waals surface area contributed by atoms with Crippen molar-refractivity contribution < 1.29 is 19.4 Å². The van der Waals surface area contributed by atoms with E-state index in [4.69, 9.17) is 9.47 Å². The van der Waals surface area contributed by atoms with Crippen LogP contribution in [0.4, 0.5) is 0 Å². The lowest BCUT2D eigenvalue weighted by Crippen LogP contribution is -2.35. The Bertz CT molecular complexity index is 1020. The molecule has 152 valence electrons. The Morgan fingerprint density at radius 2 is 1.86 bits per heavy atom. The highest BCUT2D eigenvalue weighted by atomic mass is 16.5. The van der Waals surface area contributed by atoms with Gasteiger partial charge in [-0.2, -0.15) is 0 Å². The van der Waals surface area contributed by atoms with Crippen molar-refractivity contribution in [3.63, 3.8) is 0 Å². The van der Waals surface area contributed by atoms with Crippen LogP contribution in [0, 0.1) is 6.92 Å². The molecule has 29 heavy (non-hydrogen) atoms. The molecule has 0 radical (unpaired) electrons. The van der Waals surface area contributed by atoms with Gasteiger partial charge in [0.15, 0.2) is 0 Å². The standard InChI is InChI=1S/C23H26N2O4/c1-3-29-23(27)21-16(2)25(17-7-5-4-6-8-17)19-9-10-20(26)18(22(19)21)15-24-11-13-28-14-12-24/h4-10,26H,3,11-15H2,1-2H3. The minimum Gasteiger partial charge on any atom is -0.508 e. The first kappa shape index (κ1) is 19.5. The monoisotopic (exact) mass is 394 g/mol. The summed E-state index contributed by atoms with van der Waals surface area (Å²) in [6, 6.07) is 13.5. The molecule has 1 saturated heterocycles. The minimum absolute atomic E-state index is 0.194. The van der Waals surface area contributed by atoms with Gasteiger partial charge in [0.25, 0.3) is 0 Å². The molecule has 4 rings (SSSR count). The van der Waals surface area contributed by atoms with E-state index in [2.05, 4.69) is 9.47 Å². The summed E-state index contributed by atoms with van der Waals surface area (Å²) in [6.45, 7) is 7.51. The number of hydrogen-bond donors (Lipinski definition) is 1. The number of rotatable bonds is 5. The fourth-order valence-electron chi connectivity index (χ4n) is 4.07. The maximum Gasteiger partial charge on any atom is 0.340 e. The number of carbonyl (C=O) groups is 1. The minimum atomic E-state index is -0.362. The lowest BCUT2D eigenvalue weighted by molar-refractivity contribution is 0.0340. The molecule has 0 saturated carbocycles. The van der Waals surface area contributed by atoms with E-state index in [1.54, 1.807) is 13.0 Å². The van der Waals surface area contributed by atoms with Crippen molar-refractivity contribution in [3.8, 4) is 11.4 Å². The highest BCUT2D eigenvalue weighted by Crippen LogP contribution is 2.37. The molecule has 6 heteroatoms. The Hall–Kier alpha value is -2.83. The number of para-hydroxylation sites is 1. The van der Waals surface area contributed by atoms with Crippen LogP contribution in [0.2, 0.25) is 0 Å². The quantitative estimate of drug-likeness (QED) is 0.669. The largest absolute Gasteiger partial charge is 0.508 e. The van der Waals surface area contributed by atoms with Crippen molar-refractivity contribution in [1.82, 2.24) is 9.47 Å². The van der Waals surface area contributed by atoms with Gasteiger partial charge in [-0.05, 0) is 38.1 Å². The molecular weight excluding hydrogens is 368 g/mol. The maximum absolute atomic E-state index is 12.9. The van der Waals surface area contributed by atoms with Gasteiger partial charge in [0.05, 0.1) is 30.9 Å². The van der Waals surface area contributed by atoms with E-state index in [0.717, 1.165) is 40.9 Å². The number of aromatic nitrogens is 1. The van der Waals surface area contributed by atoms with Gasteiger partial charge in [-0.25, -0.2) is 4.79 Å². The number of esters is 1. The Morgan fingerprint density at radius 3 is 2.55 bits per heavy atom. The number of carbonyl (C=O) groups excluding carboxylic acids is 1. The van der Waals surface area contributed by atoms with Crippen LogP contribution in [-0.4, -0.2) is 53.5 Å². The lowest BCUT2D eigenvalue weighted by atomic mass is 10.0. The molecule has 0 bridgehead atoms. The first-order chi connectivity index (χ1) is 14.1. The normalized spacial score (nSPS) is 15.0. The zero-order valence-electron chi connectivity index (χ0n) is 16.9. The van der Waals surface area contributed by atoms with Gasteiger partial charge in [0.2, 0.25) is 0 Å². The molecule has 0 unspecified atom stereocenters. The summed E-state index contributed by atoms with van der Waals surface area (Å²) in [5.74, 6) is -0.168. The Morgan fingerprint density at radius 1 is 1.14 bits per heavy atom. The molecule has 2 heterocycles. The molecule has 2 aromatic carbocycles. The second-order valence-electron chi connectivity index (χ2n) is 7.20. The zero-order valence-corrected chi connectivity index (χ0v) is 16.9. The van der Waals surface area contributed by atoms with Crippen LogP contribution in [0.25, 0.3) is 16.6 Å². The molecule has 1 aliphatic heterocycles. The van der Waals surface area contributed by atoms with Crippen molar-refractivity contribution in [2.75, 3.05) is 32.9 Å². The van der Waals surface area contributed by atoms with E-state index in [-0.39, 0.29) is 11.7 Å². The fourth-order valence-corrected chi connectivity index (χ4v) is 4.07. The average molecular weight is 394 g/mol. The maximum atomic E-state index is 12.9. The Labute approximate surface area is 170 Å². The van der Waals surface area contributed by atoms with Gasteiger partial charge in [-0.1, -0.05) is 18.2 Å². The van der Waals surface area contributed by atoms with Gasteiger partial charge in [0, 0.05) is 42.0 Å². The number of phenolic OH excluding ortho intramolecular Hbond substituents is 1. The van der Waals surface area contributed by atoms with E-state index in [1.165, 1.54) is 0 Å². The summed E-state index contributed by atoms with van der Waals surface area (Å²) in [5, 5.41) is 11.5. The molecule has 0 amide bonds. The lowest BCUT2D eigenvalue weighted by Gasteiger charge is -2.27. The molecule has 0 aliphatic carbocycles. The molecule has 3 aromatic rings. The van der Waals surface area contributed by atoms with E-state index in [0.29, 0.717) is 31.9 Å². The number of ether oxygens (including phenoxy) is 2. The third-order valence-corrected chi connectivity index (χ3v) is 5.43. The summed E-state index contributed by atoms with van der Waals surface area (Å²) in [7, 11) is 0. The predicted octanol–water partition coefficient (Wildman–Crippen LogP) is 3.65. The number of fused-ring (bicyclic) bond motifs is 1. The Balaban J connectivity index is 1.95. The summed E-state index contributed by atoms with van der Waals surface area (Å²) in [5.41, 5.74) is 3.93. The van der Waals surface area contributed by atoms with E-state index in [9.17, 15) is 9.90 Å². The molecule has 1 aromatic heterocycles. The number of morpholine rings is 1. The van der Waals surface area contributed by atoms with Gasteiger partial charge in [0.1, 0.15) is 5.75 Å². The van der Waals surface area contributed by atoms with E-state index >= 15 is 0 Å². The Kier molecular flexibility index (Phi) is 5.56. The third-order valence-electron chi connectivity index (χ3n) is 5.43. The van der Waals surface area contributed by atoms with Crippen LogP contribution in [0.3, 0.4) is 0 Å². The molecular formula is C23H26N2O4. The van der Waals surface area contributed by atoms with Gasteiger partial charge in [-0.15, -0.1) is 0 Å². The summed E-state index contributed by atoms with van der Waals surface area (Å²) in [6.07, 6.45) is 0. The van der Waals surface area contributed by atoms with Crippen LogP contribution >= 0.6 is 0 Å². The molecule has 0 atom stereocenters. The SMILES string of the molecule is CCOC(=O)c1c(C)n(-c2ccccc2)c2ccc(O)c(CN3CCOCC3)c12. The predicted molar refractivity (Wildman–Crippen MR) is 112 cm³/mol. The first-order valence-electron chi connectivity index (χ1n) is 10.00. The highest BCUT2D eigenvalue weighted by molar-refractivity contribution is 6.08. The average Bonchev–Trinajstić information content (AvgIpc) is 3.04. The van der Waals surface area contributed by atoms with E-state index < -0.39 is 0 Å². The van der Waals surface area contributed by atoms with Crippen molar-refractivity contribution in [1.29, 1.82) is 0 Å².